The van der Waals surface area contributed by atoms with Gasteiger partial charge >= 0.3 is 0 Å². The summed E-state index contributed by atoms with van der Waals surface area (Å²) in [5.41, 5.74) is 0. The second-order valence-electron chi connectivity index (χ2n) is 2.72. The van der Waals surface area contributed by atoms with Crippen LogP contribution >= 0.6 is 10.7 Å². The number of rotatable bonds is 2. The molecular formula is C6H11ClO3S. The van der Waals surface area contributed by atoms with Crippen LogP contribution < -0.4 is 0 Å². The minimum absolute atomic E-state index is 0.197. The fourth-order valence-corrected chi connectivity index (χ4v) is 3.15. The van der Waals surface area contributed by atoms with Crippen LogP contribution in [0.4, 0.5) is 0 Å². The highest BCUT2D eigenvalue weighted by atomic mass is 35.7. The lowest BCUT2D eigenvalue weighted by Crippen LogP contribution is -2.27. The fourth-order valence-electron chi connectivity index (χ4n) is 1.48. The molecule has 3 nitrogen and oxygen atoms in total. The van der Waals surface area contributed by atoms with Crippen LogP contribution in [-0.4, -0.2) is 26.9 Å². The Morgan fingerprint density at radius 1 is 1.45 bits per heavy atom. The maximum Gasteiger partial charge on any atom is 0.238 e. The van der Waals surface area contributed by atoms with Gasteiger partial charge in [0.2, 0.25) is 9.05 Å². The first kappa shape index (κ1) is 9.29. The molecule has 0 aliphatic heterocycles. The second-order valence-corrected chi connectivity index (χ2v) is 5.57. The van der Waals surface area contributed by atoms with Gasteiger partial charge in [0.25, 0.3) is 0 Å². The summed E-state index contributed by atoms with van der Waals surface area (Å²) in [7, 11) is 3.31. The molecular weight excluding hydrogens is 188 g/mol. The van der Waals surface area contributed by atoms with E-state index in [4.69, 9.17) is 15.4 Å². The molecule has 66 valence electrons. The van der Waals surface area contributed by atoms with Crippen molar-refractivity contribution in [3.05, 3.63) is 0 Å². The SMILES string of the molecule is CO[C@@H]1CCC[C@@H]1S(=O)(=O)Cl. The van der Waals surface area contributed by atoms with Crippen LogP contribution in [0.2, 0.25) is 0 Å². The van der Waals surface area contributed by atoms with Crippen LogP contribution in [0.25, 0.3) is 0 Å². The second kappa shape index (κ2) is 3.29. The normalized spacial score (nSPS) is 32.5. The zero-order valence-corrected chi connectivity index (χ0v) is 7.86. The first-order valence-corrected chi connectivity index (χ1v) is 5.89. The number of methoxy groups -OCH3 is 1. The molecule has 1 fully saturated rings. The molecule has 0 spiro atoms. The van der Waals surface area contributed by atoms with Crippen LogP contribution in [0.15, 0.2) is 0 Å². The molecule has 0 aromatic heterocycles. The fraction of sp³-hybridized carbons (Fsp3) is 1.00. The van der Waals surface area contributed by atoms with Gasteiger partial charge in [0.05, 0.1) is 6.10 Å². The number of ether oxygens (including phenoxy) is 1. The van der Waals surface area contributed by atoms with Crippen molar-refractivity contribution in [2.75, 3.05) is 7.11 Å². The molecule has 0 radical (unpaired) electrons. The molecule has 0 amide bonds. The molecule has 1 aliphatic rings. The lowest BCUT2D eigenvalue weighted by atomic mass is 10.3. The minimum Gasteiger partial charge on any atom is -0.380 e. The molecule has 11 heavy (non-hydrogen) atoms. The van der Waals surface area contributed by atoms with Crippen LogP contribution in [-0.2, 0) is 13.8 Å². The van der Waals surface area contributed by atoms with E-state index in [1.54, 1.807) is 0 Å². The Morgan fingerprint density at radius 2 is 2.09 bits per heavy atom. The Labute approximate surface area is 71.1 Å². The van der Waals surface area contributed by atoms with Crippen molar-refractivity contribution in [3.63, 3.8) is 0 Å². The summed E-state index contributed by atoms with van der Waals surface area (Å²) < 4.78 is 26.8. The van der Waals surface area contributed by atoms with Gasteiger partial charge in [-0.25, -0.2) is 8.42 Å². The van der Waals surface area contributed by atoms with Gasteiger partial charge in [0, 0.05) is 17.8 Å². The van der Waals surface area contributed by atoms with Gasteiger partial charge in [-0.3, -0.25) is 0 Å². The monoisotopic (exact) mass is 198 g/mol. The largest absolute Gasteiger partial charge is 0.380 e. The molecule has 2 atom stereocenters. The molecule has 1 rings (SSSR count). The van der Waals surface area contributed by atoms with Crippen molar-refractivity contribution in [2.24, 2.45) is 0 Å². The van der Waals surface area contributed by atoms with Crippen LogP contribution in [0.1, 0.15) is 19.3 Å². The Bertz CT molecular complexity index is 224. The highest BCUT2D eigenvalue weighted by Crippen LogP contribution is 2.29. The summed E-state index contributed by atoms with van der Waals surface area (Å²) in [5.74, 6) is 0. The maximum absolute atomic E-state index is 10.9. The predicted molar refractivity (Wildman–Crippen MR) is 43.2 cm³/mol. The lowest BCUT2D eigenvalue weighted by molar-refractivity contribution is 0.111. The third-order valence-electron chi connectivity index (χ3n) is 2.06. The molecule has 0 unspecified atom stereocenters. The van der Waals surface area contributed by atoms with Gasteiger partial charge in [-0.05, 0) is 19.3 Å². The molecule has 0 bridgehead atoms. The summed E-state index contributed by atoms with van der Waals surface area (Å²) in [6, 6.07) is 0. The number of hydrogen-bond donors (Lipinski definition) is 0. The standard InChI is InChI=1S/C6H11ClO3S/c1-10-5-3-2-4-6(5)11(7,8)9/h5-6H,2-4H2,1H3/t5-,6+/m1/s1. The van der Waals surface area contributed by atoms with Gasteiger partial charge in [-0.15, -0.1) is 0 Å². The molecule has 1 aliphatic carbocycles. The van der Waals surface area contributed by atoms with E-state index in [-0.39, 0.29) is 6.10 Å². The van der Waals surface area contributed by atoms with Crippen LogP contribution in [0.5, 0.6) is 0 Å². The van der Waals surface area contributed by atoms with E-state index >= 15 is 0 Å². The Balaban J connectivity index is 2.72. The highest BCUT2D eigenvalue weighted by Gasteiger charge is 2.36. The number of hydrogen-bond acceptors (Lipinski definition) is 3. The third-order valence-corrected chi connectivity index (χ3v) is 4.01. The summed E-state index contributed by atoms with van der Waals surface area (Å²) in [4.78, 5) is 0. The molecule has 0 heterocycles. The maximum atomic E-state index is 10.9. The van der Waals surface area contributed by atoms with Gasteiger partial charge in [0.1, 0.15) is 5.25 Å². The molecule has 0 aromatic rings. The van der Waals surface area contributed by atoms with Crippen LogP contribution in [0.3, 0.4) is 0 Å². The first-order chi connectivity index (χ1) is 5.05. The summed E-state index contributed by atoms with van der Waals surface area (Å²) in [6.45, 7) is 0. The Hall–Kier alpha value is 0.200. The van der Waals surface area contributed by atoms with E-state index < -0.39 is 14.3 Å². The van der Waals surface area contributed by atoms with Crippen molar-refractivity contribution in [2.45, 2.75) is 30.6 Å². The van der Waals surface area contributed by atoms with E-state index in [0.717, 1.165) is 12.8 Å². The van der Waals surface area contributed by atoms with E-state index in [2.05, 4.69) is 0 Å². The summed E-state index contributed by atoms with van der Waals surface area (Å²) in [6.07, 6.45) is 2.12. The summed E-state index contributed by atoms with van der Waals surface area (Å²) in [5, 5.41) is -0.492. The van der Waals surface area contributed by atoms with Crippen molar-refractivity contribution < 1.29 is 13.2 Å². The van der Waals surface area contributed by atoms with Crippen molar-refractivity contribution >= 4 is 19.7 Å². The van der Waals surface area contributed by atoms with Crippen molar-refractivity contribution in [1.29, 1.82) is 0 Å². The smallest absolute Gasteiger partial charge is 0.238 e. The predicted octanol–water partition coefficient (Wildman–Crippen LogP) is 1.12. The first-order valence-electron chi connectivity index (χ1n) is 3.52. The zero-order valence-electron chi connectivity index (χ0n) is 6.29. The molecule has 0 N–H and O–H groups in total. The lowest BCUT2D eigenvalue weighted by Gasteiger charge is -2.13. The average molecular weight is 199 g/mol. The van der Waals surface area contributed by atoms with E-state index in [1.165, 1.54) is 7.11 Å². The zero-order chi connectivity index (χ0) is 8.48. The quantitative estimate of drug-likeness (QED) is 0.625. The van der Waals surface area contributed by atoms with Crippen molar-refractivity contribution in [3.8, 4) is 0 Å². The van der Waals surface area contributed by atoms with Gasteiger partial charge < -0.3 is 4.74 Å². The van der Waals surface area contributed by atoms with E-state index in [9.17, 15) is 8.42 Å². The van der Waals surface area contributed by atoms with Gasteiger partial charge in [-0.2, -0.15) is 0 Å². The van der Waals surface area contributed by atoms with E-state index in [0.29, 0.717) is 6.42 Å². The van der Waals surface area contributed by atoms with Crippen molar-refractivity contribution in [1.82, 2.24) is 0 Å². The third kappa shape index (κ3) is 2.07. The molecule has 0 aromatic carbocycles. The molecule has 0 saturated heterocycles. The molecule has 5 heteroatoms. The van der Waals surface area contributed by atoms with Gasteiger partial charge in [-0.1, -0.05) is 0 Å². The average Bonchev–Trinajstić information content (AvgIpc) is 2.31. The molecule has 1 saturated carbocycles. The topological polar surface area (TPSA) is 43.4 Å². The van der Waals surface area contributed by atoms with E-state index in [1.807, 2.05) is 0 Å². The highest BCUT2D eigenvalue weighted by molar-refractivity contribution is 8.14. The Morgan fingerprint density at radius 3 is 2.45 bits per heavy atom. The Kier molecular flexibility index (Phi) is 2.78. The van der Waals surface area contributed by atoms with Crippen LogP contribution in [0, 0.1) is 0 Å². The minimum atomic E-state index is -3.42. The summed E-state index contributed by atoms with van der Waals surface area (Å²) >= 11 is 0. The number of halogens is 1. The van der Waals surface area contributed by atoms with Gasteiger partial charge in [0.15, 0.2) is 0 Å².